The normalized spacial score (nSPS) is 11.1. The van der Waals surface area contributed by atoms with Gasteiger partial charge in [0, 0.05) is 19.0 Å². The summed E-state index contributed by atoms with van der Waals surface area (Å²) >= 11 is 6.06. The number of rotatable bonds is 7. The highest BCUT2D eigenvalue weighted by Gasteiger charge is 2.13. The predicted octanol–water partition coefficient (Wildman–Crippen LogP) is 2.60. The molecule has 6 heteroatoms. The molecule has 0 saturated heterocycles. The van der Waals surface area contributed by atoms with Gasteiger partial charge in [-0.1, -0.05) is 6.92 Å². The minimum atomic E-state index is 0.0329. The Kier molecular flexibility index (Phi) is 5.94. The van der Waals surface area contributed by atoms with Gasteiger partial charge < -0.3 is 14.7 Å². The molecule has 0 aliphatic rings. The molecule has 0 spiro atoms. The Hall–Kier alpha value is -1.43. The summed E-state index contributed by atoms with van der Waals surface area (Å²) in [5.74, 6) is 0.803. The average Bonchev–Trinajstić information content (AvgIpc) is 2.49. The lowest BCUT2D eigenvalue weighted by Gasteiger charge is -2.20. The third kappa shape index (κ3) is 3.85. The molecular weight excluding hydrogens is 302 g/mol. The van der Waals surface area contributed by atoms with Crippen LogP contribution in [-0.2, 0) is 11.2 Å². The zero-order valence-corrected chi connectivity index (χ0v) is 14.0. The Morgan fingerprint density at radius 1 is 1.27 bits per heavy atom. The van der Waals surface area contributed by atoms with Gasteiger partial charge in [0.2, 0.25) is 5.28 Å². The summed E-state index contributed by atoms with van der Waals surface area (Å²) in [6.07, 6.45) is 0.965. The number of aliphatic hydroxyl groups excluding tert-OH is 1. The number of ether oxygens (including phenoxy) is 1. The molecule has 2 aromatic rings. The fraction of sp³-hybridized carbons (Fsp3) is 0.500. The van der Waals surface area contributed by atoms with E-state index in [-0.39, 0.29) is 11.9 Å². The van der Waals surface area contributed by atoms with Crippen molar-refractivity contribution in [1.82, 2.24) is 9.97 Å². The van der Waals surface area contributed by atoms with Gasteiger partial charge in [0.05, 0.1) is 25.3 Å². The topological polar surface area (TPSA) is 58.5 Å². The van der Waals surface area contributed by atoms with E-state index in [2.05, 4.69) is 35.9 Å². The van der Waals surface area contributed by atoms with Gasteiger partial charge in [-0.05, 0) is 48.2 Å². The molecule has 0 aliphatic heterocycles. The van der Waals surface area contributed by atoms with Gasteiger partial charge in [0.15, 0.2) is 0 Å². The van der Waals surface area contributed by atoms with Crippen molar-refractivity contribution in [2.75, 3.05) is 38.3 Å². The second kappa shape index (κ2) is 7.72. The molecule has 0 fully saturated rings. The minimum absolute atomic E-state index is 0.0329. The summed E-state index contributed by atoms with van der Waals surface area (Å²) in [4.78, 5) is 10.7. The number of halogens is 1. The van der Waals surface area contributed by atoms with E-state index in [4.69, 9.17) is 21.4 Å². The molecule has 0 bridgehead atoms. The number of likely N-dealkylation sites (N-methyl/N-ethyl adjacent to an activating group) is 1. The molecule has 0 unspecified atom stereocenters. The van der Waals surface area contributed by atoms with Crippen LogP contribution in [0.15, 0.2) is 12.1 Å². The van der Waals surface area contributed by atoms with Gasteiger partial charge in [-0.15, -0.1) is 0 Å². The van der Waals surface area contributed by atoms with Gasteiger partial charge in [0.25, 0.3) is 0 Å². The van der Waals surface area contributed by atoms with E-state index in [1.165, 1.54) is 11.1 Å². The Balaban J connectivity index is 2.34. The van der Waals surface area contributed by atoms with Crippen LogP contribution < -0.4 is 4.90 Å². The summed E-state index contributed by atoms with van der Waals surface area (Å²) in [5.41, 5.74) is 3.35. The number of nitrogens with zero attached hydrogens (tertiary/aromatic N) is 3. The molecule has 120 valence electrons. The van der Waals surface area contributed by atoms with Crippen molar-refractivity contribution < 1.29 is 9.84 Å². The van der Waals surface area contributed by atoms with Gasteiger partial charge >= 0.3 is 0 Å². The third-order valence-electron chi connectivity index (χ3n) is 3.66. The van der Waals surface area contributed by atoms with Crippen molar-refractivity contribution in [3.8, 4) is 0 Å². The van der Waals surface area contributed by atoms with E-state index < -0.39 is 0 Å². The van der Waals surface area contributed by atoms with E-state index in [1.807, 2.05) is 11.9 Å². The lowest BCUT2D eigenvalue weighted by molar-refractivity contribution is 0.0971. The zero-order chi connectivity index (χ0) is 16.1. The first-order valence-electron chi connectivity index (χ1n) is 7.43. The molecule has 5 nitrogen and oxygen atoms in total. The average molecular weight is 324 g/mol. The molecule has 1 aromatic heterocycles. The Bertz CT molecular complexity index is 649. The van der Waals surface area contributed by atoms with Crippen molar-refractivity contribution in [1.29, 1.82) is 0 Å². The molecule has 0 radical (unpaired) electrons. The number of anilines is 1. The molecule has 2 rings (SSSR count). The molecule has 0 atom stereocenters. The number of hydrogen-bond acceptors (Lipinski definition) is 5. The molecule has 1 heterocycles. The molecule has 0 aliphatic carbocycles. The highest BCUT2D eigenvalue weighted by atomic mass is 35.5. The van der Waals surface area contributed by atoms with Crippen LogP contribution in [-0.4, -0.2) is 48.5 Å². The first-order valence-corrected chi connectivity index (χ1v) is 7.81. The van der Waals surface area contributed by atoms with Crippen LogP contribution in [0.1, 0.15) is 18.1 Å². The summed E-state index contributed by atoms with van der Waals surface area (Å²) in [6.45, 7) is 5.78. The molecule has 0 amide bonds. The maximum Gasteiger partial charge on any atom is 0.224 e. The van der Waals surface area contributed by atoms with Gasteiger partial charge in [-0.2, -0.15) is 4.98 Å². The van der Waals surface area contributed by atoms with Crippen molar-refractivity contribution in [2.45, 2.75) is 20.3 Å². The van der Waals surface area contributed by atoms with Gasteiger partial charge in [-0.25, -0.2) is 4.98 Å². The number of aliphatic hydroxyl groups is 1. The molecule has 1 N–H and O–H groups in total. The molecule has 22 heavy (non-hydrogen) atoms. The fourth-order valence-electron chi connectivity index (χ4n) is 2.43. The smallest absolute Gasteiger partial charge is 0.224 e. The summed E-state index contributed by atoms with van der Waals surface area (Å²) in [7, 11) is 1.95. The maximum absolute atomic E-state index is 8.73. The van der Waals surface area contributed by atoms with Crippen molar-refractivity contribution >= 4 is 28.3 Å². The summed E-state index contributed by atoms with van der Waals surface area (Å²) < 4.78 is 5.31. The molecule has 0 saturated carbocycles. The third-order valence-corrected chi connectivity index (χ3v) is 3.82. The Morgan fingerprint density at radius 2 is 2.05 bits per heavy atom. The number of benzene rings is 1. The van der Waals surface area contributed by atoms with Gasteiger partial charge in [0.1, 0.15) is 5.82 Å². The summed E-state index contributed by atoms with van der Waals surface area (Å²) in [6, 6.07) is 4.20. The van der Waals surface area contributed by atoms with Crippen LogP contribution in [0.5, 0.6) is 0 Å². The first-order chi connectivity index (χ1) is 10.6. The lowest BCUT2D eigenvalue weighted by atomic mass is 10.0. The first kappa shape index (κ1) is 16.9. The van der Waals surface area contributed by atoms with Crippen molar-refractivity contribution in [3.63, 3.8) is 0 Å². The van der Waals surface area contributed by atoms with Gasteiger partial charge in [-0.3, -0.25) is 0 Å². The van der Waals surface area contributed by atoms with E-state index >= 15 is 0 Å². The largest absolute Gasteiger partial charge is 0.394 e. The fourth-order valence-corrected chi connectivity index (χ4v) is 2.60. The zero-order valence-electron chi connectivity index (χ0n) is 13.3. The second-order valence-electron chi connectivity index (χ2n) is 5.22. The predicted molar refractivity (Wildman–Crippen MR) is 89.8 cm³/mol. The number of aromatic nitrogens is 2. The van der Waals surface area contributed by atoms with Crippen LogP contribution in [0.2, 0.25) is 5.28 Å². The van der Waals surface area contributed by atoms with E-state index in [1.54, 1.807) is 0 Å². The van der Waals surface area contributed by atoms with Crippen LogP contribution in [0, 0.1) is 6.92 Å². The van der Waals surface area contributed by atoms with Crippen LogP contribution in [0.25, 0.3) is 10.9 Å². The van der Waals surface area contributed by atoms with Crippen LogP contribution in [0.4, 0.5) is 5.82 Å². The monoisotopic (exact) mass is 323 g/mol. The standard InChI is InChI=1S/C16H22ClN3O2/c1-4-12-10-13-14(9-11(12)2)18-16(17)19-15(13)20(3)5-7-22-8-6-21/h9-10,21H,4-8H2,1-3H3. The van der Waals surface area contributed by atoms with E-state index in [9.17, 15) is 0 Å². The maximum atomic E-state index is 8.73. The van der Waals surface area contributed by atoms with Crippen LogP contribution in [0.3, 0.4) is 0 Å². The van der Waals surface area contributed by atoms with Crippen molar-refractivity contribution in [2.24, 2.45) is 0 Å². The minimum Gasteiger partial charge on any atom is -0.394 e. The quantitative estimate of drug-likeness (QED) is 0.627. The Labute approximate surface area is 135 Å². The highest BCUT2D eigenvalue weighted by Crippen LogP contribution is 2.27. The van der Waals surface area contributed by atoms with Crippen LogP contribution >= 0.6 is 11.6 Å². The second-order valence-corrected chi connectivity index (χ2v) is 5.56. The molecular formula is C16H22ClN3O2. The lowest BCUT2D eigenvalue weighted by Crippen LogP contribution is -2.24. The highest BCUT2D eigenvalue weighted by molar-refractivity contribution is 6.28. The van der Waals surface area contributed by atoms with Crippen molar-refractivity contribution in [3.05, 3.63) is 28.5 Å². The van der Waals surface area contributed by atoms with E-state index in [0.717, 1.165) is 23.1 Å². The summed E-state index contributed by atoms with van der Waals surface area (Å²) in [5, 5.41) is 9.97. The number of hydrogen-bond donors (Lipinski definition) is 1. The number of fused-ring (bicyclic) bond motifs is 1. The Morgan fingerprint density at radius 3 is 2.73 bits per heavy atom. The number of aryl methyl sites for hydroxylation is 2. The van der Waals surface area contributed by atoms with E-state index in [0.29, 0.717) is 19.8 Å². The molecule has 1 aromatic carbocycles. The SMILES string of the molecule is CCc1cc2c(N(C)CCOCCO)nc(Cl)nc2cc1C.